The zero-order valence-corrected chi connectivity index (χ0v) is 15.6. The lowest BCUT2D eigenvalue weighted by atomic mass is 10.1. The molecule has 0 fully saturated rings. The van der Waals surface area contributed by atoms with Gasteiger partial charge in [-0.15, -0.1) is 11.8 Å². The van der Waals surface area contributed by atoms with Crippen LogP contribution in [0.4, 0.5) is 0 Å². The number of benzene rings is 1. The van der Waals surface area contributed by atoms with Crippen LogP contribution in [0.25, 0.3) is 0 Å². The van der Waals surface area contributed by atoms with Gasteiger partial charge in [0, 0.05) is 29.8 Å². The van der Waals surface area contributed by atoms with Crippen LogP contribution in [-0.4, -0.2) is 40.3 Å². The number of carbonyl (C=O) groups excluding carboxylic acids is 1. The van der Waals surface area contributed by atoms with Crippen molar-refractivity contribution in [1.29, 1.82) is 0 Å². The number of rotatable bonds is 6. The monoisotopic (exact) mass is 348 g/mol. The number of amides is 1. The number of nitrogens with zero attached hydrogens (tertiary/aromatic N) is 2. The number of hydrogen-bond donors (Lipinski definition) is 1. The molecule has 1 aromatic carbocycles. The average Bonchev–Trinajstić information content (AvgIpc) is 2.82. The molecule has 0 aliphatic heterocycles. The van der Waals surface area contributed by atoms with Crippen LogP contribution in [0.1, 0.15) is 41.2 Å². The van der Waals surface area contributed by atoms with E-state index in [0.29, 0.717) is 11.3 Å². The van der Waals surface area contributed by atoms with E-state index in [1.54, 1.807) is 37.6 Å². The van der Waals surface area contributed by atoms with Crippen LogP contribution < -0.4 is 0 Å². The molecule has 24 heavy (non-hydrogen) atoms. The van der Waals surface area contributed by atoms with Crippen LogP contribution >= 0.6 is 11.8 Å². The van der Waals surface area contributed by atoms with Crippen molar-refractivity contribution < 1.29 is 14.4 Å². The van der Waals surface area contributed by atoms with Crippen molar-refractivity contribution in [3.63, 3.8) is 0 Å². The number of aryl methyl sites for hydroxylation is 2. The highest BCUT2D eigenvalue weighted by atomic mass is 32.2. The minimum Gasteiger partial charge on any atom is -0.389 e. The molecule has 1 heterocycles. The predicted octanol–water partition coefficient (Wildman–Crippen LogP) is 3.43. The minimum absolute atomic E-state index is 0.0982. The predicted molar refractivity (Wildman–Crippen MR) is 95.2 cm³/mol. The molecule has 2 aromatic rings. The van der Waals surface area contributed by atoms with Gasteiger partial charge in [-0.05, 0) is 39.8 Å². The molecule has 5 nitrogen and oxygen atoms in total. The van der Waals surface area contributed by atoms with Gasteiger partial charge < -0.3 is 14.5 Å². The zero-order valence-electron chi connectivity index (χ0n) is 14.8. The van der Waals surface area contributed by atoms with Crippen molar-refractivity contribution in [2.24, 2.45) is 0 Å². The maximum Gasteiger partial charge on any atom is 0.254 e. The van der Waals surface area contributed by atoms with Crippen molar-refractivity contribution in [2.75, 3.05) is 13.6 Å². The molecule has 1 amide bonds. The molecule has 1 aromatic heterocycles. The zero-order chi connectivity index (χ0) is 17.9. The molecule has 2 rings (SSSR count). The van der Waals surface area contributed by atoms with E-state index in [0.717, 1.165) is 21.9 Å². The van der Waals surface area contributed by atoms with E-state index in [1.165, 1.54) is 0 Å². The van der Waals surface area contributed by atoms with Crippen molar-refractivity contribution in [3.8, 4) is 0 Å². The summed E-state index contributed by atoms with van der Waals surface area (Å²) in [4.78, 5) is 15.2. The molecule has 0 unspecified atom stereocenters. The molecule has 0 atom stereocenters. The van der Waals surface area contributed by atoms with Crippen LogP contribution in [-0.2, 0) is 5.75 Å². The molecule has 6 heteroatoms. The highest BCUT2D eigenvalue weighted by Crippen LogP contribution is 2.29. The Hall–Kier alpha value is -1.79. The second-order valence-electron chi connectivity index (χ2n) is 6.56. The molecule has 0 bridgehead atoms. The molecule has 0 saturated carbocycles. The second-order valence-corrected chi connectivity index (χ2v) is 7.58. The first-order valence-corrected chi connectivity index (χ1v) is 8.79. The number of carbonyl (C=O) groups is 1. The van der Waals surface area contributed by atoms with Crippen molar-refractivity contribution in [3.05, 3.63) is 46.8 Å². The Balaban J connectivity index is 2.17. The van der Waals surface area contributed by atoms with Gasteiger partial charge in [0.1, 0.15) is 5.76 Å². The summed E-state index contributed by atoms with van der Waals surface area (Å²) in [7, 11) is 1.70. The number of thioether (sulfide) groups is 1. The fourth-order valence-electron chi connectivity index (χ4n) is 2.48. The Kier molecular flexibility index (Phi) is 5.72. The number of likely N-dealkylation sites (N-methyl/N-ethyl adjacent to an activating group) is 1. The van der Waals surface area contributed by atoms with Crippen molar-refractivity contribution >= 4 is 17.7 Å². The van der Waals surface area contributed by atoms with Crippen LogP contribution in [0.3, 0.4) is 0 Å². The first-order chi connectivity index (χ1) is 11.2. The summed E-state index contributed by atoms with van der Waals surface area (Å²) in [6.07, 6.45) is 0. The summed E-state index contributed by atoms with van der Waals surface area (Å²) in [6, 6.07) is 7.53. The van der Waals surface area contributed by atoms with Gasteiger partial charge in [0.15, 0.2) is 0 Å². The Morgan fingerprint density at radius 2 is 2.00 bits per heavy atom. The molecule has 130 valence electrons. The first-order valence-electron chi connectivity index (χ1n) is 7.80. The molecule has 0 spiro atoms. The van der Waals surface area contributed by atoms with E-state index in [4.69, 9.17) is 4.52 Å². The lowest BCUT2D eigenvalue weighted by Gasteiger charge is -2.26. The smallest absolute Gasteiger partial charge is 0.254 e. The van der Waals surface area contributed by atoms with Gasteiger partial charge >= 0.3 is 0 Å². The van der Waals surface area contributed by atoms with Gasteiger partial charge in [-0.3, -0.25) is 4.79 Å². The molecule has 0 radical (unpaired) electrons. The highest BCUT2D eigenvalue weighted by Gasteiger charge is 2.22. The highest BCUT2D eigenvalue weighted by molar-refractivity contribution is 7.98. The molecule has 1 N–H and O–H groups in total. The van der Waals surface area contributed by atoms with Crippen molar-refractivity contribution in [2.45, 2.75) is 43.9 Å². The largest absolute Gasteiger partial charge is 0.389 e. The topological polar surface area (TPSA) is 66.6 Å². The van der Waals surface area contributed by atoms with E-state index in [9.17, 15) is 9.90 Å². The molecular weight excluding hydrogens is 324 g/mol. The Morgan fingerprint density at radius 1 is 1.33 bits per heavy atom. The molecule has 0 aliphatic rings. The van der Waals surface area contributed by atoms with Crippen molar-refractivity contribution in [1.82, 2.24) is 10.1 Å². The van der Waals surface area contributed by atoms with Gasteiger partial charge in [-0.2, -0.15) is 0 Å². The van der Waals surface area contributed by atoms with Gasteiger partial charge in [0.25, 0.3) is 5.91 Å². The van der Waals surface area contributed by atoms with Gasteiger partial charge in [-0.25, -0.2) is 0 Å². The summed E-state index contributed by atoms with van der Waals surface area (Å²) in [5.41, 5.74) is 1.65. The lowest BCUT2D eigenvalue weighted by molar-refractivity contribution is 0.0366. The van der Waals surface area contributed by atoms with Gasteiger partial charge in [0.05, 0.1) is 16.9 Å². The van der Waals surface area contributed by atoms with Gasteiger partial charge in [-0.1, -0.05) is 17.3 Å². The van der Waals surface area contributed by atoms with E-state index in [1.807, 2.05) is 38.1 Å². The SMILES string of the molecule is Cc1noc(C)c1CSc1ccccc1C(=O)N(C)CC(C)(C)O. The summed E-state index contributed by atoms with van der Waals surface area (Å²) in [5, 5.41) is 13.9. The number of hydrogen-bond acceptors (Lipinski definition) is 5. The quantitative estimate of drug-likeness (QED) is 0.810. The fourth-order valence-corrected chi connectivity index (χ4v) is 3.68. The van der Waals surface area contributed by atoms with E-state index < -0.39 is 5.60 Å². The normalized spacial score (nSPS) is 11.6. The maximum absolute atomic E-state index is 12.7. The number of aromatic nitrogens is 1. The number of aliphatic hydroxyl groups is 1. The fraction of sp³-hybridized carbons (Fsp3) is 0.444. The third-order valence-corrected chi connectivity index (χ3v) is 4.74. The lowest BCUT2D eigenvalue weighted by Crippen LogP contribution is -2.39. The van der Waals surface area contributed by atoms with E-state index in [2.05, 4.69) is 5.16 Å². The summed E-state index contributed by atoms with van der Waals surface area (Å²) in [5.74, 6) is 1.41. The minimum atomic E-state index is -0.927. The summed E-state index contributed by atoms with van der Waals surface area (Å²) < 4.78 is 5.19. The summed E-state index contributed by atoms with van der Waals surface area (Å²) in [6.45, 7) is 7.46. The van der Waals surface area contributed by atoms with E-state index >= 15 is 0 Å². The van der Waals surface area contributed by atoms with Crippen LogP contribution in [0.15, 0.2) is 33.7 Å². The Bertz CT molecular complexity index is 700. The van der Waals surface area contributed by atoms with Crippen LogP contribution in [0.5, 0.6) is 0 Å². The third-order valence-electron chi connectivity index (χ3n) is 3.64. The first kappa shape index (κ1) is 18.5. The maximum atomic E-state index is 12.7. The molecule has 0 aliphatic carbocycles. The van der Waals surface area contributed by atoms with Crippen LogP contribution in [0, 0.1) is 13.8 Å². The third kappa shape index (κ3) is 4.61. The average molecular weight is 348 g/mol. The Labute approximate surface area is 147 Å². The standard InChI is InChI=1S/C18H24N2O3S/c1-12-15(13(2)23-19-12)10-24-16-9-7-6-8-14(16)17(21)20(5)11-18(3,4)22/h6-9,22H,10-11H2,1-5H3. The Morgan fingerprint density at radius 3 is 2.58 bits per heavy atom. The van der Waals surface area contributed by atoms with E-state index in [-0.39, 0.29) is 12.5 Å². The van der Waals surface area contributed by atoms with Gasteiger partial charge in [0.2, 0.25) is 0 Å². The molecular formula is C18H24N2O3S. The molecule has 0 saturated heterocycles. The second kappa shape index (κ2) is 7.40. The van der Waals surface area contributed by atoms with Crippen LogP contribution in [0.2, 0.25) is 0 Å². The summed E-state index contributed by atoms with van der Waals surface area (Å²) >= 11 is 1.59.